The Bertz CT molecular complexity index is 1520. The summed E-state index contributed by atoms with van der Waals surface area (Å²) in [6, 6.07) is 4.41. The molecule has 2 bridgehead atoms. The van der Waals surface area contributed by atoms with Crippen molar-refractivity contribution in [3.8, 4) is 5.75 Å². The van der Waals surface area contributed by atoms with E-state index in [0.29, 0.717) is 56.3 Å². The highest BCUT2D eigenvalue weighted by Crippen LogP contribution is 2.52. The maximum atomic E-state index is 13.8. The van der Waals surface area contributed by atoms with Crippen molar-refractivity contribution in [2.45, 2.75) is 63.8 Å². The number of hydrogen-bond acceptors (Lipinski definition) is 8. The Morgan fingerprint density at radius 1 is 1.14 bits per heavy atom. The van der Waals surface area contributed by atoms with Crippen molar-refractivity contribution in [1.29, 1.82) is 0 Å². The van der Waals surface area contributed by atoms with Gasteiger partial charge in [-0.1, -0.05) is 12.1 Å². The van der Waals surface area contributed by atoms with Gasteiger partial charge in [0.2, 0.25) is 5.75 Å². The zero-order chi connectivity index (χ0) is 31.3. The van der Waals surface area contributed by atoms with E-state index in [1.54, 1.807) is 13.0 Å². The molecule has 0 unspecified atom stereocenters. The van der Waals surface area contributed by atoms with Crippen LogP contribution in [0.3, 0.4) is 0 Å². The van der Waals surface area contributed by atoms with Gasteiger partial charge < -0.3 is 30.2 Å². The molecule has 6 rings (SSSR count). The zero-order valence-corrected chi connectivity index (χ0v) is 25.0. The highest BCUT2D eigenvalue weighted by Gasteiger charge is 2.55. The average molecular weight is 599 g/mol. The number of aliphatic hydroxyl groups is 1. The molecular formula is C30H39FN6O6. The number of aromatic nitrogens is 2. The normalized spacial score (nSPS) is 24.7. The topological polar surface area (TPSA) is 148 Å². The van der Waals surface area contributed by atoms with E-state index in [1.165, 1.54) is 47.6 Å². The number of carbonyl (C=O) groups excluding carboxylic acids is 3. The Morgan fingerprint density at radius 2 is 1.84 bits per heavy atom. The van der Waals surface area contributed by atoms with E-state index in [2.05, 4.69) is 15.2 Å². The highest BCUT2D eigenvalue weighted by molar-refractivity contribution is 6.34. The minimum Gasteiger partial charge on any atom is -0.501 e. The molecule has 1 aliphatic carbocycles. The molecule has 1 aromatic heterocycles. The molecule has 3 N–H and O–H groups in total. The van der Waals surface area contributed by atoms with E-state index in [-0.39, 0.29) is 24.7 Å². The second-order valence-electron chi connectivity index (χ2n) is 12.6. The van der Waals surface area contributed by atoms with E-state index in [9.17, 15) is 33.8 Å². The number of nitrogens with zero attached hydrogens (tertiary/aromatic N) is 5. The zero-order valence-electron chi connectivity index (χ0n) is 25.0. The Kier molecular flexibility index (Phi) is 8.07. The number of likely N-dealkylation sites (tertiary alicyclic amines) is 1. The lowest BCUT2D eigenvalue weighted by Crippen LogP contribution is -2.55. The van der Waals surface area contributed by atoms with Crippen molar-refractivity contribution in [2.24, 2.45) is 5.41 Å². The molecule has 2 aromatic rings. The van der Waals surface area contributed by atoms with Crippen molar-refractivity contribution >= 4 is 17.7 Å². The van der Waals surface area contributed by atoms with Crippen molar-refractivity contribution in [3.63, 3.8) is 0 Å². The molecule has 3 aliphatic heterocycles. The lowest BCUT2D eigenvalue weighted by molar-refractivity contribution is -0.155. The molecule has 1 saturated heterocycles. The number of benzene rings is 1. The predicted molar refractivity (Wildman–Crippen MR) is 154 cm³/mol. The van der Waals surface area contributed by atoms with Gasteiger partial charge in [-0.05, 0) is 56.2 Å². The number of hydrogen-bond donors (Lipinski definition) is 3. The molecule has 1 saturated carbocycles. The summed E-state index contributed by atoms with van der Waals surface area (Å²) >= 11 is 0. The summed E-state index contributed by atoms with van der Waals surface area (Å²) in [5.41, 5.74) is -1.83. The quantitative estimate of drug-likeness (QED) is 0.412. The molecule has 1 aromatic carbocycles. The number of rotatable bonds is 6. The summed E-state index contributed by atoms with van der Waals surface area (Å²) in [6.45, 7) is 3.68. The minimum absolute atomic E-state index is 0.00512. The van der Waals surface area contributed by atoms with Crippen LogP contribution in [0, 0.1) is 18.2 Å². The third kappa shape index (κ3) is 5.51. The Labute approximate surface area is 249 Å². The van der Waals surface area contributed by atoms with Crippen LogP contribution in [-0.2, 0) is 28.2 Å². The lowest BCUT2D eigenvalue weighted by Gasteiger charge is -2.47. The summed E-state index contributed by atoms with van der Waals surface area (Å²) in [5.74, 6) is -3.33. The standard InChI is InChI=1S/C30H39FN6O6/c1-18-13-19(5-6-21(18)31)14-32-24(40)22-23(39)25(41)37-17-29(16-36-12-7-20(38)15-36)8-10-30(11-9-29,28(37)33-22)35(4)27(43)26(42)34(2)3/h5-6,13,20,38-39H,7-12,14-17H2,1-4H3,(H,32,40)/t20-,29?,30?/m0/s1. The van der Waals surface area contributed by atoms with Crippen LogP contribution >= 0.6 is 0 Å². The van der Waals surface area contributed by atoms with Crippen molar-refractivity contribution < 1.29 is 29.0 Å². The molecule has 13 heteroatoms. The molecule has 0 spiro atoms. The van der Waals surface area contributed by atoms with E-state index in [1.807, 2.05) is 0 Å². The van der Waals surface area contributed by atoms with Crippen LogP contribution in [0.2, 0.25) is 0 Å². The van der Waals surface area contributed by atoms with Gasteiger partial charge in [-0.15, -0.1) is 0 Å². The predicted octanol–water partition coefficient (Wildman–Crippen LogP) is 0.709. The number of aryl methyl sites for hydroxylation is 1. The Balaban J connectivity index is 1.55. The number of aliphatic hydroxyl groups excluding tert-OH is 1. The molecule has 1 atom stereocenters. The molecule has 3 amide bonds. The fourth-order valence-electron chi connectivity index (χ4n) is 6.85. The Hall–Kier alpha value is -3.84. The largest absolute Gasteiger partial charge is 0.501 e. The van der Waals surface area contributed by atoms with E-state index in [4.69, 9.17) is 0 Å². The highest BCUT2D eigenvalue weighted by atomic mass is 19.1. The van der Waals surface area contributed by atoms with Gasteiger partial charge in [0, 0.05) is 59.3 Å². The molecule has 4 heterocycles. The van der Waals surface area contributed by atoms with Gasteiger partial charge in [0.1, 0.15) is 17.2 Å². The van der Waals surface area contributed by atoms with Crippen LogP contribution in [0.4, 0.5) is 4.39 Å². The molecule has 232 valence electrons. The monoisotopic (exact) mass is 598 g/mol. The number of β-amino-alcohol motifs (C(OH)–C–C–N with tert-alkyl or cyclic N) is 1. The molecule has 4 aliphatic rings. The van der Waals surface area contributed by atoms with Crippen molar-refractivity contribution in [1.82, 2.24) is 29.6 Å². The first kappa shape index (κ1) is 30.6. The number of halogens is 1. The summed E-state index contributed by atoms with van der Waals surface area (Å²) in [6.07, 6.45) is 2.23. The van der Waals surface area contributed by atoms with Gasteiger partial charge in [-0.25, -0.2) is 9.37 Å². The Morgan fingerprint density at radius 3 is 2.44 bits per heavy atom. The number of likely N-dealkylation sites (N-methyl/N-ethyl adjacent to an activating group) is 2. The SMILES string of the molecule is Cc1cc(CNC(=O)c2nc3n(c(=O)c2O)CC2(CN4CC[C@H](O)C4)CCC3(N(C)C(=O)C(=O)N(C)C)CC2)ccc1F. The first-order valence-corrected chi connectivity index (χ1v) is 14.5. The number of fused-ring (bicyclic) bond motifs is 2. The summed E-state index contributed by atoms with van der Waals surface area (Å²) < 4.78 is 15.1. The number of nitrogens with one attached hydrogen (secondary N) is 1. The minimum atomic E-state index is -1.18. The molecular weight excluding hydrogens is 559 g/mol. The van der Waals surface area contributed by atoms with Crippen LogP contribution in [0.25, 0.3) is 0 Å². The van der Waals surface area contributed by atoms with Gasteiger partial charge in [0.25, 0.3) is 11.5 Å². The summed E-state index contributed by atoms with van der Waals surface area (Å²) in [4.78, 5) is 62.5. The van der Waals surface area contributed by atoms with Crippen LogP contribution < -0.4 is 10.9 Å². The molecule has 12 nitrogen and oxygen atoms in total. The number of aromatic hydroxyl groups is 1. The summed E-state index contributed by atoms with van der Waals surface area (Å²) in [5, 5.41) is 23.8. The number of amides is 3. The molecule has 0 radical (unpaired) electrons. The second kappa shape index (κ2) is 11.3. The van der Waals surface area contributed by atoms with Crippen molar-refractivity contribution in [2.75, 3.05) is 40.8 Å². The van der Waals surface area contributed by atoms with Crippen molar-refractivity contribution in [3.05, 3.63) is 57.0 Å². The van der Waals surface area contributed by atoms with Gasteiger partial charge in [0.15, 0.2) is 5.69 Å². The lowest BCUT2D eigenvalue weighted by atomic mass is 9.67. The van der Waals surface area contributed by atoms with Gasteiger partial charge in [-0.2, -0.15) is 0 Å². The first-order chi connectivity index (χ1) is 20.3. The fourth-order valence-corrected chi connectivity index (χ4v) is 6.85. The first-order valence-electron chi connectivity index (χ1n) is 14.5. The third-order valence-corrected chi connectivity index (χ3v) is 9.43. The van der Waals surface area contributed by atoms with Crippen LogP contribution in [0.15, 0.2) is 23.0 Å². The van der Waals surface area contributed by atoms with E-state index in [0.717, 1.165) is 6.54 Å². The fraction of sp³-hybridized carbons (Fsp3) is 0.567. The smallest absolute Gasteiger partial charge is 0.312 e. The van der Waals surface area contributed by atoms with E-state index >= 15 is 0 Å². The van der Waals surface area contributed by atoms with Crippen LogP contribution in [0.1, 0.15) is 59.5 Å². The van der Waals surface area contributed by atoms with Crippen LogP contribution in [0.5, 0.6) is 5.75 Å². The van der Waals surface area contributed by atoms with Gasteiger partial charge >= 0.3 is 11.8 Å². The van der Waals surface area contributed by atoms with E-state index < -0.39 is 51.8 Å². The second-order valence-corrected chi connectivity index (χ2v) is 12.6. The molecule has 2 fully saturated rings. The maximum Gasteiger partial charge on any atom is 0.312 e. The third-order valence-electron chi connectivity index (χ3n) is 9.43. The van der Waals surface area contributed by atoms with Gasteiger partial charge in [0.05, 0.1) is 6.10 Å². The molecule has 43 heavy (non-hydrogen) atoms. The summed E-state index contributed by atoms with van der Waals surface area (Å²) in [7, 11) is 4.48. The van der Waals surface area contributed by atoms with Crippen LogP contribution in [-0.4, -0.2) is 99.1 Å². The van der Waals surface area contributed by atoms with Gasteiger partial charge in [-0.3, -0.25) is 23.7 Å². The number of carbonyl (C=O) groups is 3. The maximum absolute atomic E-state index is 13.8. The average Bonchev–Trinajstić information content (AvgIpc) is 3.26.